The standard InChI is InChI=1S/C26H30N2O5/c1-16(25(31)28-13-18(14-28)11-12-24(29)30)17(2)27-26(32)33-15-23-21-9-5-3-7-19(21)20-8-4-6-10-22(20)23/h3-10,16-18,23H,11-15H2,1-2H3,(H,27,32)(H,29,30). The fourth-order valence-electron chi connectivity index (χ4n) is 4.71. The molecular weight excluding hydrogens is 420 g/mol. The maximum absolute atomic E-state index is 12.7. The number of nitrogens with one attached hydrogen (secondary N) is 1. The van der Waals surface area contributed by atoms with E-state index >= 15 is 0 Å². The number of benzene rings is 2. The zero-order valence-corrected chi connectivity index (χ0v) is 19.0. The number of ether oxygens (including phenoxy) is 1. The van der Waals surface area contributed by atoms with Crippen molar-refractivity contribution in [2.45, 2.75) is 38.6 Å². The van der Waals surface area contributed by atoms with Crippen LogP contribution >= 0.6 is 0 Å². The average molecular weight is 451 g/mol. The van der Waals surface area contributed by atoms with E-state index in [0.29, 0.717) is 19.5 Å². The van der Waals surface area contributed by atoms with E-state index in [2.05, 4.69) is 29.6 Å². The summed E-state index contributed by atoms with van der Waals surface area (Å²) < 4.78 is 5.58. The van der Waals surface area contributed by atoms with Gasteiger partial charge in [0.25, 0.3) is 0 Å². The van der Waals surface area contributed by atoms with Crippen LogP contribution in [0.1, 0.15) is 43.7 Å². The smallest absolute Gasteiger partial charge is 0.407 e. The van der Waals surface area contributed by atoms with Crippen molar-refractivity contribution in [1.82, 2.24) is 10.2 Å². The summed E-state index contributed by atoms with van der Waals surface area (Å²) in [4.78, 5) is 37.6. The van der Waals surface area contributed by atoms with Gasteiger partial charge in [-0.3, -0.25) is 9.59 Å². The van der Waals surface area contributed by atoms with E-state index in [4.69, 9.17) is 9.84 Å². The largest absolute Gasteiger partial charge is 0.481 e. The molecule has 1 aliphatic carbocycles. The second-order valence-electron chi connectivity index (χ2n) is 9.09. The molecule has 1 fully saturated rings. The van der Waals surface area contributed by atoms with Crippen LogP contribution in [0.2, 0.25) is 0 Å². The number of aliphatic carboxylic acids is 1. The van der Waals surface area contributed by atoms with Crippen LogP contribution < -0.4 is 5.32 Å². The van der Waals surface area contributed by atoms with Crippen LogP contribution in [0.3, 0.4) is 0 Å². The first kappa shape index (κ1) is 22.8. The van der Waals surface area contributed by atoms with Crippen LogP contribution in [0.5, 0.6) is 0 Å². The highest BCUT2D eigenvalue weighted by atomic mass is 16.5. The molecule has 33 heavy (non-hydrogen) atoms. The number of hydrogen-bond acceptors (Lipinski definition) is 4. The van der Waals surface area contributed by atoms with Gasteiger partial charge in [-0.1, -0.05) is 55.5 Å². The van der Waals surface area contributed by atoms with Crippen molar-refractivity contribution < 1.29 is 24.2 Å². The van der Waals surface area contributed by atoms with Crippen LogP contribution in [-0.2, 0) is 14.3 Å². The number of hydrogen-bond donors (Lipinski definition) is 2. The van der Waals surface area contributed by atoms with E-state index in [0.717, 1.165) is 11.1 Å². The van der Waals surface area contributed by atoms with Gasteiger partial charge in [-0.2, -0.15) is 0 Å². The van der Waals surface area contributed by atoms with E-state index < -0.39 is 18.0 Å². The molecule has 2 aromatic rings. The van der Waals surface area contributed by atoms with Crippen LogP contribution in [0.15, 0.2) is 48.5 Å². The highest BCUT2D eigenvalue weighted by molar-refractivity contribution is 5.81. The van der Waals surface area contributed by atoms with Gasteiger partial charge in [-0.05, 0) is 41.5 Å². The molecule has 2 amide bonds. The van der Waals surface area contributed by atoms with E-state index in [9.17, 15) is 14.4 Å². The number of rotatable bonds is 8. The first-order chi connectivity index (χ1) is 15.8. The Bertz CT molecular complexity index is 1000. The fraction of sp³-hybridized carbons (Fsp3) is 0.423. The Kier molecular flexibility index (Phi) is 6.67. The number of carboxylic acids is 1. The fourth-order valence-corrected chi connectivity index (χ4v) is 4.71. The highest BCUT2D eigenvalue weighted by Crippen LogP contribution is 2.44. The zero-order valence-electron chi connectivity index (χ0n) is 19.0. The molecule has 4 rings (SSSR count). The number of fused-ring (bicyclic) bond motifs is 3. The lowest BCUT2D eigenvalue weighted by Gasteiger charge is -2.41. The lowest BCUT2D eigenvalue weighted by molar-refractivity contribution is -0.143. The number of nitrogens with zero attached hydrogens (tertiary/aromatic N) is 1. The van der Waals surface area contributed by atoms with Crippen LogP contribution in [-0.4, -0.2) is 53.7 Å². The molecule has 2 atom stereocenters. The minimum atomic E-state index is -0.811. The highest BCUT2D eigenvalue weighted by Gasteiger charge is 2.35. The number of amides is 2. The molecule has 0 bridgehead atoms. The monoisotopic (exact) mass is 450 g/mol. The minimum Gasteiger partial charge on any atom is -0.481 e. The third-order valence-corrected chi connectivity index (χ3v) is 6.86. The molecule has 2 aliphatic rings. The molecule has 7 heteroatoms. The molecule has 1 saturated heterocycles. The van der Waals surface area contributed by atoms with Crippen molar-refractivity contribution in [3.05, 3.63) is 59.7 Å². The maximum Gasteiger partial charge on any atom is 0.407 e. The zero-order chi connectivity index (χ0) is 23.5. The number of carboxylic acid groups (broad SMARTS) is 1. The van der Waals surface area contributed by atoms with Gasteiger partial charge in [0.1, 0.15) is 6.61 Å². The molecule has 2 N–H and O–H groups in total. The predicted octanol–water partition coefficient (Wildman–Crippen LogP) is 3.87. The summed E-state index contributed by atoms with van der Waals surface area (Å²) >= 11 is 0. The molecule has 0 radical (unpaired) electrons. The Morgan fingerprint density at radius 2 is 1.61 bits per heavy atom. The number of likely N-dealkylation sites (tertiary alicyclic amines) is 1. The summed E-state index contributed by atoms with van der Waals surface area (Å²) in [6.45, 7) is 4.97. The summed E-state index contributed by atoms with van der Waals surface area (Å²) in [5.41, 5.74) is 4.65. The lowest BCUT2D eigenvalue weighted by Crippen LogP contribution is -2.54. The van der Waals surface area contributed by atoms with Crippen molar-refractivity contribution in [1.29, 1.82) is 0 Å². The van der Waals surface area contributed by atoms with Gasteiger partial charge in [0.05, 0.1) is 5.92 Å². The summed E-state index contributed by atoms with van der Waals surface area (Å²) in [5.74, 6) is -1.02. The second kappa shape index (κ2) is 9.65. The number of carbonyl (C=O) groups excluding carboxylic acids is 2. The predicted molar refractivity (Wildman–Crippen MR) is 124 cm³/mol. The summed E-state index contributed by atoms with van der Waals surface area (Å²) in [7, 11) is 0. The van der Waals surface area contributed by atoms with Crippen LogP contribution in [0.4, 0.5) is 4.79 Å². The Hall–Kier alpha value is -3.35. The Morgan fingerprint density at radius 1 is 1.03 bits per heavy atom. The van der Waals surface area contributed by atoms with E-state index in [1.807, 2.05) is 24.3 Å². The first-order valence-electron chi connectivity index (χ1n) is 11.5. The topological polar surface area (TPSA) is 95.9 Å². The maximum atomic E-state index is 12.7. The third-order valence-electron chi connectivity index (χ3n) is 6.86. The molecule has 7 nitrogen and oxygen atoms in total. The van der Waals surface area contributed by atoms with E-state index in [1.54, 1.807) is 18.7 Å². The number of carbonyl (C=O) groups is 3. The van der Waals surface area contributed by atoms with Gasteiger partial charge in [-0.25, -0.2) is 4.79 Å². The molecule has 174 valence electrons. The molecule has 1 aliphatic heterocycles. The first-order valence-corrected chi connectivity index (χ1v) is 11.5. The van der Waals surface area contributed by atoms with Crippen molar-refractivity contribution in [2.75, 3.05) is 19.7 Å². The van der Waals surface area contributed by atoms with Crippen molar-refractivity contribution in [2.24, 2.45) is 11.8 Å². The molecular formula is C26H30N2O5. The van der Waals surface area contributed by atoms with E-state index in [1.165, 1.54) is 11.1 Å². The molecule has 0 aromatic heterocycles. The molecule has 0 saturated carbocycles. The SMILES string of the molecule is CC(NC(=O)OCC1c2ccccc2-c2ccccc21)C(C)C(=O)N1CC(CCC(=O)O)C1. The summed E-state index contributed by atoms with van der Waals surface area (Å²) in [5, 5.41) is 11.6. The second-order valence-corrected chi connectivity index (χ2v) is 9.09. The van der Waals surface area contributed by atoms with E-state index in [-0.39, 0.29) is 36.8 Å². The average Bonchev–Trinajstić information content (AvgIpc) is 3.09. The van der Waals surface area contributed by atoms with Crippen molar-refractivity contribution in [3.63, 3.8) is 0 Å². The van der Waals surface area contributed by atoms with Crippen LogP contribution in [0.25, 0.3) is 11.1 Å². The van der Waals surface area contributed by atoms with Crippen molar-refractivity contribution >= 4 is 18.0 Å². The summed E-state index contributed by atoms with van der Waals surface area (Å²) in [6, 6.07) is 16.0. The quantitative estimate of drug-likeness (QED) is 0.637. The lowest BCUT2D eigenvalue weighted by atomic mass is 9.91. The van der Waals surface area contributed by atoms with Crippen LogP contribution in [0, 0.1) is 11.8 Å². The van der Waals surface area contributed by atoms with Gasteiger partial charge in [-0.15, -0.1) is 0 Å². The van der Waals surface area contributed by atoms with Gasteiger partial charge in [0, 0.05) is 31.5 Å². The molecule has 2 aromatic carbocycles. The van der Waals surface area contributed by atoms with Crippen molar-refractivity contribution in [3.8, 4) is 11.1 Å². The Balaban J connectivity index is 1.27. The van der Waals surface area contributed by atoms with Gasteiger partial charge < -0.3 is 20.1 Å². The number of alkyl carbamates (subject to hydrolysis) is 1. The Morgan fingerprint density at radius 3 is 2.18 bits per heavy atom. The Labute approximate surface area is 193 Å². The molecule has 2 unspecified atom stereocenters. The summed E-state index contributed by atoms with van der Waals surface area (Å²) in [6.07, 6.45) is 0.176. The van der Waals surface area contributed by atoms with Gasteiger partial charge in [0.2, 0.25) is 5.91 Å². The molecule has 1 heterocycles. The normalized spacial score (nSPS) is 16.8. The van der Waals surface area contributed by atoms with Gasteiger partial charge in [0.15, 0.2) is 0 Å². The molecule has 0 spiro atoms. The van der Waals surface area contributed by atoms with Gasteiger partial charge >= 0.3 is 12.1 Å². The minimum absolute atomic E-state index is 0.0127. The third kappa shape index (κ3) is 4.87.